The number of ether oxygens (including phenoxy) is 1. The van der Waals surface area contributed by atoms with Gasteiger partial charge in [-0.15, -0.1) is 0 Å². The molecule has 1 fully saturated rings. The van der Waals surface area contributed by atoms with Gasteiger partial charge in [0.1, 0.15) is 11.5 Å². The number of nitrogens with zero attached hydrogens (tertiary/aromatic N) is 2. The van der Waals surface area contributed by atoms with Crippen molar-refractivity contribution in [3.05, 3.63) is 59.7 Å². The van der Waals surface area contributed by atoms with Crippen molar-refractivity contribution >= 4 is 13.9 Å². The van der Waals surface area contributed by atoms with Crippen molar-refractivity contribution in [3.8, 4) is 11.5 Å². The molecule has 1 N–H and O–H groups in total. The molecule has 0 unspecified atom stereocenters. The lowest BCUT2D eigenvalue weighted by Gasteiger charge is -2.32. The van der Waals surface area contributed by atoms with Crippen molar-refractivity contribution < 1.29 is 14.6 Å². The highest BCUT2D eigenvalue weighted by atomic mass is 16.5. The van der Waals surface area contributed by atoms with Gasteiger partial charge in [0.25, 0.3) is 5.91 Å². The van der Waals surface area contributed by atoms with E-state index in [1.54, 1.807) is 40.0 Å². The summed E-state index contributed by atoms with van der Waals surface area (Å²) in [7, 11) is 5.71. The second-order valence-electron chi connectivity index (χ2n) is 5.72. The number of piperazine rings is 1. The Kier molecular flexibility index (Phi) is 5.18. The molecule has 24 heavy (non-hydrogen) atoms. The fourth-order valence-corrected chi connectivity index (χ4v) is 2.63. The summed E-state index contributed by atoms with van der Waals surface area (Å²) < 4.78 is 5.79. The Morgan fingerprint density at radius 3 is 2.38 bits per heavy atom. The zero-order valence-corrected chi connectivity index (χ0v) is 13.4. The van der Waals surface area contributed by atoms with Crippen LogP contribution in [-0.2, 0) is 6.61 Å². The average Bonchev–Trinajstić information content (AvgIpc) is 2.63. The minimum absolute atomic E-state index is 0.00501. The Morgan fingerprint density at radius 1 is 1.04 bits per heavy atom. The van der Waals surface area contributed by atoms with Crippen LogP contribution in [0, 0.1) is 0 Å². The van der Waals surface area contributed by atoms with Crippen LogP contribution in [0.4, 0.5) is 0 Å². The SMILES string of the molecule is [B]N1CCN(C(=O)c2ccc(Oc3ccccc3CO)cc2)CC1. The highest BCUT2D eigenvalue weighted by Gasteiger charge is 2.20. The molecule has 1 aliphatic heterocycles. The number of amides is 1. The summed E-state index contributed by atoms with van der Waals surface area (Å²) in [6.07, 6.45) is 0. The molecular weight excluding hydrogens is 303 g/mol. The van der Waals surface area contributed by atoms with Crippen LogP contribution in [0.2, 0.25) is 0 Å². The zero-order valence-electron chi connectivity index (χ0n) is 13.4. The van der Waals surface area contributed by atoms with Crippen molar-refractivity contribution in [1.29, 1.82) is 0 Å². The zero-order chi connectivity index (χ0) is 16.9. The van der Waals surface area contributed by atoms with E-state index in [4.69, 9.17) is 12.7 Å². The highest BCUT2D eigenvalue weighted by molar-refractivity contribution is 6.04. The van der Waals surface area contributed by atoms with E-state index in [1.807, 2.05) is 18.2 Å². The molecule has 0 aromatic heterocycles. The Bertz CT molecular complexity index is 698. The minimum Gasteiger partial charge on any atom is -0.457 e. The van der Waals surface area contributed by atoms with Gasteiger partial charge in [-0.3, -0.25) is 4.79 Å². The number of hydrogen-bond acceptors (Lipinski definition) is 4. The average molecular weight is 322 g/mol. The Hall–Kier alpha value is -2.31. The third-order valence-electron chi connectivity index (χ3n) is 4.07. The lowest BCUT2D eigenvalue weighted by molar-refractivity contribution is 0.0700. The van der Waals surface area contributed by atoms with Crippen LogP contribution in [0.3, 0.4) is 0 Å². The van der Waals surface area contributed by atoms with Crippen molar-refractivity contribution in [2.45, 2.75) is 6.61 Å². The number of rotatable bonds is 4. The van der Waals surface area contributed by atoms with Gasteiger partial charge in [-0.05, 0) is 30.3 Å². The number of carbonyl (C=O) groups excluding carboxylic acids is 1. The maximum absolute atomic E-state index is 12.5. The van der Waals surface area contributed by atoms with Crippen LogP contribution < -0.4 is 4.74 Å². The molecule has 2 radical (unpaired) electrons. The molecule has 122 valence electrons. The lowest BCUT2D eigenvalue weighted by atomic mass is 10.1. The molecule has 1 amide bonds. The first-order valence-electron chi connectivity index (χ1n) is 7.93. The predicted molar refractivity (Wildman–Crippen MR) is 92.1 cm³/mol. The standard InChI is InChI=1S/C18H19BN2O3/c19-21-11-9-20(10-12-21)18(23)14-5-7-16(8-6-14)24-17-4-2-1-3-15(17)13-22/h1-8,22H,9-13H2. The molecule has 3 rings (SSSR count). The van der Waals surface area contributed by atoms with Gasteiger partial charge in [0.05, 0.1) is 6.61 Å². The van der Waals surface area contributed by atoms with Crippen LogP contribution in [0.25, 0.3) is 0 Å². The lowest BCUT2D eigenvalue weighted by Crippen LogP contribution is -2.47. The fourth-order valence-electron chi connectivity index (χ4n) is 2.63. The minimum atomic E-state index is -0.0835. The number of benzene rings is 2. The van der Waals surface area contributed by atoms with Gasteiger partial charge in [-0.1, -0.05) is 18.2 Å². The van der Waals surface area contributed by atoms with Crippen LogP contribution in [0.1, 0.15) is 15.9 Å². The maximum Gasteiger partial charge on any atom is 0.253 e. The van der Waals surface area contributed by atoms with Gasteiger partial charge in [-0.2, -0.15) is 0 Å². The summed E-state index contributed by atoms with van der Waals surface area (Å²) in [6.45, 7) is 2.56. The Morgan fingerprint density at radius 2 is 1.71 bits per heavy atom. The second-order valence-corrected chi connectivity index (χ2v) is 5.72. The summed E-state index contributed by atoms with van der Waals surface area (Å²) >= 11 is 0. The van der Waals surface area contributed by atoms with E-state index in [9.17, 15) is 9.90 Å². The second kappa shape index (κ2) is 7.51. The molecule has 0 atom stereocenters. The Balaban J connectivity index is 1.68. The molecule has 0 spiro atoms. The summed E-state index contributed by atoms with van der Waals surface area (Å²) in [5.74, 6) is 1.24. The number of aliphatic hydroxyl groups excluding tert-OH is 1. The number of aliphatic hydroxyl groups is 1. The van der Waals surface area contributed by atoms with E-state index in [0.717, 1.165) is 5.56 Å². The highest BCUT2D eigenvalue weighted by Crippen LogP contribution is 2.25. The fraction of sp³-hybridized carbons (Fsp3) is 0.278. The topological polar surface area (TPSA) is 53.0 Å². The van der Waals surface area contributed by atoms with Gasteiger partial charge in [0.15, 0.2) is 7.98 Å². The first kappa shape index (κ1) is 16.5. The molecule has 1 aliphatic rings. The van der Waals surface area contributed by atoms with E-state index in [2.05, 4.69) is 0 Å². The number of carbonyl (C=O) groups is 1. The van der Waals surface area contributed by atoms with Crippen molar-refractivity contribution in [3.63, 3.8) is 0 Å². The molecule has 0 aliphatic carbocycles. The van der Waals surface area contributed by atoms with Crippen LogP contribution in [0.15, 0.2) is 48.5 Å². The maximum atomic E-state index is 12.5. The van der Waals surface area contributed by atoms with Crippen LogP contribution in [0.5, 0.6) is 11.5 Å². The van der Waals surface area contributed by atoms with E-state index >= 15 is 0 Å². The monoisotopic (exact) mass is 322 g/mol. The first-order chi connectivity index (χ1) is 11.7. The predicted octanol–water partition coefficient (Wildman–Crippen LogP) is 1.81. The van der Waals surface area contributed by atoms with E-state index < -0.39 is 0 Å². The van der Waals surface area contributed by atoms with Gasteiger partial charge >= 0.3 is 0 Å². The van der Waals surface area contributed by atoms with Gasteiger partial charge < -0.3 is 19.6 Å². The normalized spacial score (nSPS) is 15.3. The number of para-hydroxylation sites is 1. The first-order valence-corrected chi connectivity index (χ1v) is 7.93. The summed E-state index contributed by atoms with van der Waals surface area (Å²) in [5, 5.41) is 9.33. The van der Waals surface area contributed by atoms with Crippen molar-refractivity contribution in [2.24, 2.45) is 0 Å². The molecule has 2 aromatic carbocycles. The van der Waals surface area contributed by atoms with Crippen molar-refractivity contribution in [1.82, 2.24) is 9.71 Å². The third-order valence-corrected chi connectivity index (χ3v) is 4.07. The Labute approximate surface area is 142 Å². The smallest absolute Gasteiger partial charge is 0.253 e. The molecule has 0 bridgehead atoms. The largest absolute Gasteiger partial charge is 0.457 e. The molecule has 5 nitrogen and oxygen atoms in total. The van der Waals surface area contributed by atoms with Crippen LogP contribution >= 0.6 is 0 Å². The number of hydrogen-bond donors (Lipinski definition) is 1. The molecule has 1 heterocycles. The summed E-state index contributed by atoms with van der Waals surface area (Å²) in [5.41, 5.74) is 1.35. The molecule has 0 saturated carbocycles. The van der Waals surface area contributed by atoms with Crippen molar-refractivity contribution in [2.75, 3.05) is 26.2 Å². The molecular formula is C18H19BN2O3. The molecule has 2 aromatic rings. The van der Waals surface area contributed by atoms with Crippen LogP contribution in [-0.4, -0.2) is 54.9 Å². The third kappa shape index (κ3) is 3.78. The van der Waals surface area contributed by atoms with Gasteiger partial charge in [0.2, 0.25) is 0 Å². The van der Waals surface area contributed by atoms with E-state index in [1.165, 1.54) is 0 Å². The molecule has 6 heteroatoms. The van der Waals surface area contributed by atoms with Gasteiger partial charge in [0, 0.05) is 37.3 Å². The van der Waals surface area contributed by atoms with Gasteiger partial charge in [-0.25, -0.2) is 0 Å². The summed E-state index contributed by atoms with van der Waals surface area (Å²) in [6, 6.07) is 14.4. The quantitative estimate of drug-likeness (QED) is 0.873. The van der Waals surface area contributed by atoms with E-state index in [0.29, 0.717) is 43.2 Å². The molecule has 1 saturated heterocycles. The van der Waals surface area contributed by atoms with E-state index in [-0.39, 0.29) is 12.5 Å². The summed E-state index contributed by atoms with van der Waals surface area (Å²) in [4.78, 5) is 16.0.